The third-order valence-electron chi connectivity index (χ3n) is 2.56. The van der Waals surface area contributed by atoms with Gasteiger partial charge in [0.2, 0.25) is 5.88 Å². The van der Waals surface area contributed by atoms with Crippen molar-refractivity contribution in [2.45, 2.75) is 26.4 Å². The highest BCUT2D eigenvalue weighted by Gasteiger charge is 2.03. The van der Waals surface area contributed by atoms with E-state index in [0.717, 1.165) is 22.3 Å². The molecule has 0 saturated carbocycles. The van der Waals surface area contributed by atoms with Gasteiger partial charge in [0.25, 0.3) is 0 Å². The second-order valence-corrected chi connectivity index (χ2v) is 5.43. The van der Waals surface area contributed by atoms with Gasteiger partial charge in [-0.25, -0.2) is 4.98 Å². The van der Waals surface area contributed by atoms with Crippen LogP contribution >= 0.6 is 15.9 Å². The molecule has 2 rings (SSSR count). The summed E-state index contributed by atoms with van der Waals surface area (Å²) in [7, 11) is 0. The average molecular weight is 321 g/mol. The van der Waals surface area contributed by atoms with Crippen molar-refractivity contribution in [2.24, 2.45) is 0 Å². The van der Waals surface area contributed by atoms with Gasteiger partial charge in [0.15, 0.2) is 0 Å². The third-order valence-corrected chi connectivity index (χ3v) is 3.22. The second-order valence-electron chi connectivity index (χ2n) is 4.57. The summed E-state index contributed by atoms with van der Waals surface area (Å²) < 4.78 is 6.63. The summed E-state index contributed by atoms with van der Waals surface area (Å²) in [5.74, 6) is 1.36. The van der Waals surface area contributed by atoms with Gasteiger partial charge in [-0.2, -0.15) is 0 Å². The summed E-state index contributed by atoms with van der Waals surface area (Å²) >= 11 is 3.45. The first-order valence-electron chi connectivity index (χ1n) is 6.26. The lowest BCUT2D eigenvalue weighted by Crippen LogP contribution is -2.21. The van der Waals surface area contributed by atoms with Gasteiger partial charge in [0.05, 0.1) is 4.47 Å². The minimum atomic E-state index is 0.469. The van der Waals surface area contributed by atoms with Crippen molar-refractivity contribution in [2.75, 3.05) is 0 Å². The predicted octanol–water partition coefficient (Wildman–Crippen LogP) is 4.13. The van der Waals surface area contributed by atoms with Gasteiger partial charge in [-0.1, -0.05) is 32.0 Å². The van der Waals surface area contributed by atoms with Crippen LogP contribution in [0.25, 0.3) is 0 Å². The zero-order valence-electron chi connectivity index (χ0n) is 11.1. The van der Waals surface area contributed by atoms with E-state index in [1.165, 1.54) is 0 Å². The number of benzene rings is 1. The summed E-state index contributed by atoms with van der Waals surface area (Å²) in [5.41, 5.74) is 1.15. The van der Waals surface area contributed by atoms with Crippen LogP contribution in [0.5, 0.6) is 11.6 Å². The monoisotopic (exact) mass is 320 g/mol. The summed E-state index contributed by atoms with van der Waals surface area (Å²) in [6.07, 6.45) is 1.83. The summed E-state index contributed by atoms with van der Waals surface area (Å²) in [4.78, 5) is 4.31. The van der Waals surface area contributed by atoms with Crippen molar-refractivity contribution >= 4 is 15.9 Å². The van der Waals surface area contributed by atoms with E-state index < -0.39 is 0 Å². The van der Waals surface area contributed by atoms with Crippen molar-refractivity contribution in [3.05, 3.63) is 52.6 Å². The first-order chi connectivity index (χ1) is 9.15. The Labute approximate surface area is 122 Å². The van der Waals surface area contributed by atoms with Crippen molar-refractivity contribution in [1.29, 1.82) is 0 Å². The Bertz CT molecular complexity index is 526. The highest BCUT2D eigenvalue weighted by Crippen LogP contribution is 2.27. The minimum Gasteiger partial charge on any atom is -0.438 e. The van der Waals surface area contributed by atoms with Crippen LogP contribution < -0.4 is 10.1 Å². The highest BCUT2D eigenvalue weighted by molar-refractivity contribution is 9.10. The van der Waals surface area contributed by atoms with Crippen molar-refractivity contribution in [3.63, 3.8) is 0 Å². The molecule has 100 valence electrons. The fourth-order valence-corrected chi connectivity index (χ4v) is 1.90. The molecule has 3 nitrogen and oxygen atoms in total. The number of ether oxygens (including phenoxy) is 1. The number of hydrogen-bond donors (Lipinski definition) is 1. The van der Waals surface area contributed by atoms with Crippen LogP contribution in [0.1, 0.15) is 19.4 Å². The van der Waals surface area contributed by atoms with E-state index in [2.05, 4.69) is 40.1 Å². The maximum absolute atomic E-state index is 5.71. The summed E-state index contributed by atoms with van der Waals surface area (Å²) in [6, 6.07) is 12.1. The number of para-hydroxylation sites is 1. The molecule has 0 aliphatic rings. The van der Waals surface area contributed by atoms with Crippen molar-refractivity contribution in [1.82, 2.24) is 10.3 Å². The molecule has 19 heavy (non-hydrogen) atoms. The molecule has 0 atom stereocenters. The lowest BCUT2D eigenvalue weighted by Gasteiger charge is -2.09. The minimum absolute atomic E-state index is 0.469. The molecule has 0 aliphatic heterocycles. The molecular formula is C15H17BrN2O. The number of aromatic nitrogens is 1. The zero-order chi connectivity index (χ0) is 13.7. The molecule has 1 N–H and O–H groups in total. The first-order valence-corrected chi connectivity index (χ1v) is 7.05. The molecule has 0 unspecified atom stereocenters. The predicted molar refractivity (Wildman–Crippen MR) is 80.4 cm³/mol. The topological polar surface area (TPSA) is 34.1 Å². The van der Waals surface area contributed by atoms with Gasteiger partial charge < -0.3 is 10.1 Å². The molecule has 1 aromatic heterocycles. The SMILES string of the molecule is CC(C)NCc1ccc(Oc2ccccc2Br)nc1. The van der Waals surface area contributed by atoms with E-state index in [1.807, 2.05) is 42.6 Å². The summed E-state index contributed by atoms with van der Waals surface area (Å²) in [5, 5.41) is 3.35. The number of hydrogen-bond acceptors (Lipinski definition) is 3. The summed E-state index contributed by atoms with van der Waals surface area (Å²) in [6.45, 7) is 5.07. The van der Waals surface area contributed by atoms with Crippen LogP contribution in [0.3, 0.4) is 0 Å². The highest BCUT2D eigenvalue weighted by atomic mass is 79.9. The maximum Gasteiger partial charge on any atom is 0.219 e. The standard InChI is InChI=1S/C15H17BrN2O/c1-11(2)17-9-12-7-8-15(18-10-12)19-14-6-4-3-5-13(14)16/h3-8,10-11,17H,9H2,1-2H3. The smallest absolute Gasteiger partial charge is 0.219 e. The number of pyridine rings is 1. The van der Waals surface area contributed by atoms with E-state index in [1.54, 1.807) is 0 Å². The number of nitrogens with one attached hydrogen (secondary N) is 1. The molecular weight excluding hydrogens is 304 g/mol. The van der Waals surface area contributed by atoms with Crippen LogP contribution in [0.2, 0.25) is 0 Å². The Balaban J connectivity index is 2.01. The Morgan fingerprint density at radius 2 is 2.00 bits per heavy atom. The van der Waals surface area contributed by atoms with Gasteiger partial charge in [0.1, 0.15) is 5.75 Å². The van der Waals surface area contributed by atoms with E-state index in [9.17, 15) is 0 Å². The van der Waals surface area contributed by atoms with Crippen LogP contribution in [-0.2, 0) is 6.54 Å². The van der Waals surface area contributed by atoms with Crippen LogP contribution in [0.15, 0.2) is 47.1 Å². The van der Waals surface area contributed by atoms with Crippen LogP contribution in [0.4, 0.5) is 0 Å². The van der Waals surface area contributed by atoms with E-state index in [0.29, 0.717) is 11.9 Å². The fourth-order valence-electron chi connectivity index (χ4n) is 1.54. The molecule has 4 heteroatoms. The lowest BCUT2D eigenvalue weighted by molar-refractivity contribution is 0.459. The van der Waals surface area contributed by atoms with Crippen molar-refractivity contribution < 1.29 is 4.74 Å². The molecule has 2 aromatic rings. The van der Waals surface area contributed by atoms with E-state index in [4.69, 9.17) is 4.74 Å². The molecule has 0 bridgehead atoms. The largest absolute Gasteiger partial charge is 0.438 e. The van der Waals surface area contributed by atoms with Gasteiger partial charge in [-0.05, 0) is 33.6 Å². The van der Waals surface area contributed by atoms with Crippen LogP contribution in [-0.4, -0.2) is 11.0 Å². The number of rotatable bonds is 5. The molecule has 0 spiro atoms. The molecule has 0 amide bonds. The molecule has 0 saturated heterocycles. The molecule has 0 fully saturated rings. The van der Waals surface area contributed by atoms with E-state index in [-0.39, 0.29) is 0 Å². The second kappa shape index (κ2) is 6.68. The quantitative estimate of drug-likeness (QED) is 0.899. The van der Waals surface area contributed by atoms with Gasteiger partial charge in [-0.15, -0.1) is 0 Å². The lowest BCUT2D eigenvalue weighted by atomic mass is 10.2. The Morgan fingerprint density at radius 1 is 1.21 bits per heavy atom. The third kappa shape index (κ3) is 4.33. The van der Waals surface area contributed by atoms with Crippen LogP contribution in [0, 0.1) is 0 Å². The number of halogens is 1. The van der Waals surface area contributed by atoms with Gasteiger partial charge >= 0.3 is 0 Å². The van der Waals surface area contributed by atoms with Gasteiger partial charge in [-0.3, -0.25) is 0 Å². The maximum atomic E-state index is 5.71. The van der Waals surface area contributed by atoms with Gasteiger partial charge in [0, 0.05) is 24.8 Å². The number of nitrogens with zero attached hydrogens (tertiary/aromatic N) is 1. The Hall–Kier alpha value is -1.39. The fraction of sp³-hybridized carbons (Fsp3) is 0.267. The average Bonchev–Trinajstić information content (AvgIpc) is 2.40. The molecule has 1 aromatic carbocycles. The molecule has 1 heterocycles. The molecule has 0 radical (unpaired) electrons. The Kier molecular flexibility index (Phi) is 4.93. The molecule has 0 aliphatic carbocycles. The van der Waals surface area contributed by atoms with Crippen molar-refractivity contribution in [3.8, 4) is 11.6 Å². The zero-order valence-corrected chi connectivity index (χ0v) is 12.6. The van der Waals surface area contributed by atoms with E-state index >= 15 is 0 Å². The first kappa shape index (κ1) is 14.0. The normalized spacial score (nSPS) is 10.7. The Morgan fingerprint density at radius 3 is 2.63 bits per heavy atom.